The van der Waals surface area contributed by atoms with Crippen molar-refractivity contribution < 1.29 is 18.7 Å². The van der Waals surface area contributed by atoms with Crippen molar-refractivity contribution >= 4 is 5.91 Å². The van der Waals surface area contributed by atoms with Crippen molar-refractivity contribution in [1.29, 1.82) is 0 Å². The van der Waals surface area contributed by atoms with Gasteiger partial charge in [0.2, 0.25) is 5.91 Å². The Morgan fingerprint density at radius 2 is 1.84 bits per heavy atom. The number of nitrogens with one attached hydrogen (secondary N) is 1. The molecule has 0 heterocycles. The maximum atomic E-state index is 13.7. The molecule has 3 rings (SSSR count). The number of hydrogen-bond donors (Lipinski definition) is 1. The van der Waals surface area contributed by atoms with Crippen LogP contribution >= 0.6 is 0 Å². The molecule has 0 atom stereocenters. The number of amides is 1. The molecule has 1 amide bonds. The highest BCUT2D eigenvalue weighted by molar-refractivity contribution is 5.78. The van der Waals surface area contributed by atoms with Crippen LogP contribution in [0, 0.1) is 5.82 Å². The Bertz CT molecular complexity index is 771. The van der Waals surface area contributed by atoms with E-state index >= 15 is 0 Å². The molecule has 4 nitrogen and oxygen atoms in total. The van der Waals surface area contributed by atoms with Crippen LogP contribution in [-0.2, 0) is 16.6 Å². The first kappa shape index (κ1) is 17.3. The number of carbonyl (C=O) groups excluding carboxylic acids is 1. The molecule has 0 bridgehead atoms. The largest absolute Gasteiger partial charge is 0.493 e. The van der Waals surface area contributed by atoms with E-state index in [2.05, 4.69) is 5.32 Å². The van der Waals surface area contributed by atoms with Gasteiger partial charge in [-0.25, -0.2) is 4.39 Å². The number of halogens is 1. The zero-order chi connectivity index (χ0) is 17.9. The minimum Gasteiger partial charge on any atom is -0.493 e. The summed E-state index contributed by atoms with van der Waals surface area (Å²) in [5, 5.41) is 2.95. The average molecular weight is 343 g/mol. The molecular formula is C20H22FNO3. The molecule has 2 aromatic carbocycles. The molecule has 132 valence electrons. The molecule has 25 heavy (non-hydrogen) atoms. The van der Waals surface area contributed by atoms with Gasteiger partial charge in [0, 0.05) is 12.0 Å². The lowest BCUT2D eigenvalue weighted by Crippen LogP contribution is -2.33. The minimum atomic E-state index is -0.348. The predicted molar refractivity (Wildman–Crippen MR) is 93.6 cm³/mol. The lowest BCUT2D eigenvalue weighted by atomic mass is 9.95. The summed E-state index contributed by atoms with van der Waals surface area (Å²) in [4.78, 5) is 12.2. The Hall–Kier alpha value is -2.56. The summed E-state index contributed by atoms with van der Waals surface area (Å²) in [6.45, 7) is 0.537. The highest BCUT2D eigenvalue weighted by atomic mass is 19.1. The molecule has 0 saturated heterocycles. The summed E-state index contributed by atoms with van der Waals surface area (Å²) in [7, 11) is 3.21. The lowest BCUT2D eigenvalue weighted by molar-refractivity contribution is -0.120. The van der Waals surface area contributed by atoms with E-state index in [0.717, 1.165) is 18.4 Å². The summed E-state index contributed by atoms with van der Waals surface area (Å²) in [6.07, 6.45) is 2.06. The summed E-state index contributed by atoms with van der Waals surface area (Å²) in [5.41, 5.74) is 1.47. The monoisotopic (exact) mass is 343 g/mol. The molecule has 2 aromatic rings. The van der Waals surface area contributed by atoms with Crippen LogP contribution < -0.4 is 14.8 Å². The molecule has 1 saturated carbocycles. The van der Waals surface area contributed by atoms with Crippen LogP contribution in [0.4, 0.5) is 4.39 Å². The number of rotatable bonds is 7. The number of carbonyl (C=O) groups is 1. The maximum Gasteiger partial charge on any atom is 0.224 e. The zero-order valence-corrected chi connectivity index (χ0v) is 14.5. The molecule has 1 fully saturated rings. The predicted octanol–water partition coefficient (Wildman–Crippen LogP) is 3.23. The zero-order valence-electron chi connectivity index (χ0n) is 14.5. The second kappa shape index (κ2) is 7.13. The number of methoxy groups -OCH3 is 2. The van der Waals surface area contributed by atoms with Gasteiger partial charge in [-0.15, -0.1) is 0 Å². The first-order valence-electron chi connectivity index (χ1n) is 8.30. The molecule has 0 aliphatic heterocycles. The van der Waals surface area contributed by atoms with E-state index in [4.69, 9.17) is 9.47 Å². The van der Waals surface area contributed by atoms with Crippen LogP contribution in [0.5, 0.6) is 11.5 Å². The standard InChI is InChI=1S/C20H22FNO3/c1-24-17-8-7-15(12-18(17)25-2)20(9-10-20)13-22-19(23)11-14-5-3-4-6-16(14)21/h3-8,12H,9-11,13H2,1-2H3,(H,22,23). The molecule has 0 spiro atoms. The summed E-state index contributed by atoms with van der Waals surface area (Å²) >= 11 is 0. The van der Waals surface area contributed by atoms with Crippen molar-refractivity contribution in [2.75, 3.05) is 20.8 Å². The smallest absolute Gasteiger partial charge is 0.224 e. The van der Waals surface area contributed by atoms with Crippen molar-refractivity contribution in [3.8, 4) is 11.5 Å². The van der Waals surface area contributed by atoms with Gasteiger partial charge in [-0.05, 0) is 42.2 Å². The molecule has 1 N–H and O–H groups in total. The second-order valence-corrected chi connectivity index (χ2v) is 6.40. The van der Waals surface area contributed by atoms with E-state index in [-0.39, 0.29) is 23.6 Å². The number of benzene rings is 2. The summed E-state index contributed by atoms with van der Waals surface area (Å²) in [5.74, 6) is 0.852. The topological polar surface area (TPSA) is 47.6 Å². The second-order valence-electron chi connectivity index (χ2n) is 6.40. The van der Waals surface area contributed by atoms with E-state index in [9.17, 15) is 9.18 Å². The number of ether oxygens (including phenoxy) is 2. The Kier molecular flexibility index (Phi) is 4.93. The van der Waals surface area contributed by atoms with Gasteiger partial charge < -0.3 is 14.8 Å². The molecule has 0 unspecified atom stereocenters. The molecule has 0 radical (unpaired) electrons. The SMILES string of the molecule is COc1ccc(C2(CNC(=O)Cc3ccccc3F)CC2)cc1OC. The highest BCUT2D eigenvalue weighted by Crippen LogP contribution is 2.49. The summed E-state index contributed by atoms with van der Waals surface area (Å²) in [6, 6.07) is 12.2. The van der Waals surface area contributed by atoms with Crippen LogP contribution in [0.25, 0.3) is 0 Å². The average Bonchev–Trinajstić information content (AvgIpc) is 3.42. The van der Waals surface area contributed by atoms with E-state index in [0.29, 0.717) is 23.6 Å². The first-order chi connectivity index (χ1) is 12.1. The third-order valence-electron chi connectivity index (χ3n) is 4.78. The molecule has 5 heteroatoms. The van der Waals surface area contributed by atoms with E-state index in [1.54, 1.807) is 32.4 Å². The van der Waals surface area contributed by atoms with Gasteiger partial charge in [-0.2, -0.15) is 0 Å². The van der Waals surface area contributed by atoms with Gasteiger partial charge in [-0.3, -0.25) is 4.79 Å². The maximum absolute atomic E-state index is 13.7. The fourth-order valence-electron chi connectivity index (χ4n) is 3.03. The Balaban J connectivity index is 1.65. The first-order valence-corrected chi connectivity index (χ1v) is 8.30. The van der Waals surface area contributed by atoms with Crippen LogP contribution in [0.2, 0.25) is 0 Å². The van der Waals surface area contributed by atoms with Gasteiger partial charge in [0.15, 0.2) is 11.5 Å². The fourth-order valence-corrected chi connectivity index (χ4v) is 3.03. The quantitative estimate of drug-likeness (QED) is 0.840. The van der Waals surface area contributed by atoms with Crippen molar-refractivity contribution in [1.82, 2.24) is 5.32 Å². The van der Waals surface area contributed by atoms with Crippen LogP contribution in [0.1, 0.15) is 24.0 Å². The van der Waals surface area contributed by atoms with Gasteiger partial charge in [0.25, 0.3) is 0 Å². The molecular weight excluding hydrogens is 321 g/mol. The van der Waals surface area contributed by atoms with E-state index in [1.807, 2.05) is 18.2 Å². The fraction of sp³-hybridized carbons (Fsp3) is 0.350. The third kappa shape index (κ3) is 3.76. The Labute approximate surface area is 147 Å². The summed E-state index contributed by atoms with van der Waals surface area (Å²) < 4.78 is 24.3. The third-order valence-corrected chi connectivity index (χ3v) is 4.78. The minimum absolute atomic E-state index is 0.0503. The molecule has 1 aliphatic carbocycles. The normalized spacial score (nSPS) is 14.7. The van der Waals surface area contributed by atoms with Crippen molar-refractivity contribution in [2.45, 2.75) is 24.7 Å². The van der Waals surface area contributed by atoms with Crippen LogP contribution in [0.3, 0.4) is 0 Å². The van der Waals surface area contributed by atoms with Gasteiger partial charge in [-0.1, -0.05) is 24.3 Å². The van der Waals surface area contributed by atoms with Gasteiger partial charge in [0.1, 0.15) is 5.82 Å². The van der Waals surface area contributed by atoms with Crippen molar-refractivity contribution in [2.24, 2.45) is 0 Å². The van der Waals surface area contributed by atoms with Crippen LogP contribution in [-0.4, -0.2) is 26.7 Å². The lowest BCUT2D eigenvalue weighted by Gasteiger charge is -2.18. The molecule has 0 aromatic heterocycles. The highest BCUT2D eigenvalue weighted by Gasteiger charge is 2.44. The number of hydrogen-bond acceptors (Lipinski definition) is 3. The Morgan fingerprint density at radius 1 is 1.12 bits per heavy atom. The van der Waals surface area contributed by atoms with Crippen molar-refractivity contribution in [3.63, 3.8) is 0 Å². The Morgan fingerprint density at radius 3 is 2.48 bits per heavy atom. The molecule has 1 aliphatic rings. The van der Waals surface area contributed by atoms with Crippen LogP contribution in [0.15, 0.2) is 42.5 Å². The van der Waals surface area contributed by atoms with E-state index in [1.165, 1.54) is 6.07 Å². The van der Waals surface area contributed by atoms with Gasteiger partial charge >= 0.3 is 0 Å². The van der Waals surface area contributed by atoms with Gasteiger partial charge in [0.05, 0.1) is 20.6 Å². The van der Waals surface area contributed by atoms with Crippen molar-refractivity contribution in [3.05, 3.63) is 59.4 Å². The van der Waals surface area contributed by atoms with E-state index < -0.39 is 0 Å².